The lowest BCUT2D eigenvalue weighted by Gasteiger charge is -2.13. The second-order valence-electron chi connectivity index (χ2n) is 4.82. The quantitative estimate of drug-likeness (QED) is 0.673. The fourth-order valence-corrected chi connectivity index (χ4v) is 1.84. The number of rotatable bonds is 8. The van der Waals surface area contributed by atoms with Gasteiger partial charge in [-0.05, 0) is 38.1 Å². The highest BCUT2D eigenvalue weighted by Crippen LogP contribution is 2.25. The summed E-state index contributed by atoms with van der Waals surface area (Å²) in [5, 5.41) is 0. The molecule has 0 aliphatic rings. The molecule has 134 valence electrons. The van der Waals surface area contributed by atoms with Crippen molar-refractivity contribution in [2.45, 2.75) is 20.0 Å². The maximum atomic E-state index is 11.6. The smallest absolute Gasteiger partial charge is 0.347 e. The lowest BCUT2D eigenvalue weighted by atomic mass is 10.3. The molecule has 0 radical (unpaired) electrons. The summed E-state index contributed by atoms with van der Waals surface area (Å²) >= 11 is 0. The summed E-state index contributed by atoms with van der Waals surface area (Å²) in [7, 11) is 2.98. The van der Waals surface area contributed by atoms with Crippen LogP contribution in [0.25, 0.3) is 0 Å². The first-order valence-electron chi connectivity index (χ1n) is 7.64. The van der Waals surface area contributed by atoms with Crippen LogP contribution < -0.4 is 18.9 Å². The summed E-state index contributed by atoms with van der Waals surface area (Å²) in [6, 6.07) is 8.31. The van der Waals surface area contributed by atoms with Crippen molar-refractivity contribution in [3.05, 3.63) is 30.3 Å². The number of esters is 1. The second kappa shape index (κ2) is 8.72. The van der Waals surface area contributed by atoms with Crippen LogP contribution in [0.1, 0.15) is 13.8 Å². The van der Waals surface area contributed by atoms with Gasteiger partial charge in [-0.15, -0.1) is 0 Å². The number of benzene rings is 1. The Morgan fingerprint density at radius 1 is 1.04 bits per heavy atom. The molecule has 25 heavy (non-hydrogen) atoms. The molecular weight excluding hydrogens is 328 g/mol. The molecule has 2 aromatic rings. The Balaban J connectivity index is 2.04. The molecular formula is C17H20N2O6. The lowest BCUT2D eigenvalue weighted by molar-refractivity contribution is -0.150. The predicted octanol–water partition coefficient (Wildman–Crippen LogP) is 2.62. The van der Waals surface area contributed by atoms with Crippen LogP contribution in [0.4, 0.5) is 0 Å². The average Bonchev–Trinajstić information content (AvgIpc) is 2.63. The van der Waals surface area contributed by atoms with E-state index < -0.39 is 12.1 Å². The zero-order valence-electron chi connectivity index (χ0n) is 14.5. The number of methoxy groups -OCH3 is 2. The summed E-state index contributed by atoms with van der Waals surface area (Å²) in [6.07, 6.45) is -0.697. The maximum absolute atomic E-state index is 11.6. The van der Waals surface area contributed by atoms with Gasteiger partial charge in [-0.2, -0.15) is 9.97 Å². The molecule has 0 spiro atoms. The van der Waals surface area contributed by atoms with Crippen molar-refractivity contribution >= 4 is 5.97 Å². The fraction of sp³-hybridized carbons (Fsp3) is 0.353. The van der Waals surface area contributed by atoms with E-state index in [1.54, 1.807) is 44.2 Å². The van der Waals surface area contributed by atoms with E-state index in [0.717, 1.165) is 0 Å². The predicted molar refractivity (Wildman–Crippen MR) is 88.4 cm³/mol. The van der Waals surface area contributed by atoms with Crippen molar-refractivity contribution in [1.29, 1.82) is 0 Å². The summed E-state index contributed by atoms with van der Waals surface area (Å²) in [5.74, 6) is 1.23. The summed E-state index contributed by atoms with van der Waals surface area (Å²) < 4.78 is 26.1. The van der Waals surface area contributed by atoms with E-state index in [4.69, 9.17) is 23.7 Å². The van der Waals surface area contributed by atoms with Gasteiger partial charge in [0, 0.05) is 0 Å². The van der Waals surface area contributed by atoms with E-state index in [0.29, 0.717) is 29.9 Å². The Morgan fingerprint density at radius 2 is 1.60 bits per heavy atom. The number of nitrogens with zero attached hydrogens (tertiary/aromatic N) is 2. The zero-order valence-corrected chi connectivity index (χ0v) is 14.5. The molecule has 0 amide bonds. The minimum absolute atomic E-state index is 0.0877. The maximum Gasteiger partial charge on any atom is 0.347 e. The monoisotopic (exact) mass is 348 g/mol. The van der Waals surface area contributed by atoms with Crippen LogP contribution in [0.5, 0.6) is 29.3 Å². The van der Waals surface area contributed by atoms with Crippen molar-refractivity contribution < 1.29 is 28.5 Å². The van der Waals surface area contributed by atoms with Crippen molar-refractivity contribution in [3.8, 4) is 29.3 Å². The van der Waals surface area contributed by atoms with E-state index in [2.05, 4.69) is 9.97 Å². The Kier molecular flexibility index (Phi) is 6.39. The van der Waals surface area contributed by atoms with Crippen LogP contribution >= 0.6 is 0 Å². The molecule has 0 aliphatic carbocycles. The number of carbonyl (C=O) groups is 1. The molecule has 1 aromatic carbocycles. The van der Waals surface area contributed by atoms with Crippen LogP contribution in [0, 0.1) is 0 Å². The number of hydrogen-bond acceptors (Lipinski definition) is 8. The van der Waals surface area contributed by atoms with Gasteiger partial charge in [0.05, 0.1) is 26.9 Å². The highest BCUT2D eigenvalue weighted by atomic mass is 16.6. The van der Waals surface area contributed by atoms with Crippen LogP contribution in [0.2, 0.25) is 0 Å². The molecule has 0 unspecified atom stereocenters. The Hall–Kier alpha value is -3.03. The summed E-state index contributed by atoms with van der Waals surface area (Å²) in [5.41, 5.74) is 0. The molecule has 1 aromatic heterocycles. The lowest BCUT2D eigenvalue weighted by Crippen LogP contribution is -2.25. The zero-order chi connectivity index (χ0) is 18.2. The average molecular weight is 348 g/mol. The molecule has 1 heterocycles. The highest BCUT2D eigenvalue weighted by molar-refractivity contribution is 5.74. The Morgan fingerprint density at radius 3 is 2.12 bits per heavy atom. The van der Waals surface area contributed by atoms with Crippen LogP contribution in [-0.2, 0) is 9.53 Å². The normalized spacial score (nSPS) is 11.4. The van der Waals surface area contributed by atoms with Crippen LogP contribution in [-0.4, -0.2) is 42.9 Å². The third-order valence-electron chi connectivity index (χ3n) is 3.04. The molecule has 0 N–H and O–H groups in total. The molecule has 0 saturated heterocycles. The topological polar surface area (TPSA) is 89.0 Å². The molecule has 0 aliphatic heterocycles. The molecule has 2 rings (SSSR count). The molecule has 0 fully saturated rings. The van der Waals surface area contributed by atoms with Crippen LogP contribution in [0.3, 0.4) is 0 Å². The highest BCUT2D eigenvalue weighted by Gasteiger charge is 2.15. The minimum atomic E-state index is -0.697. The third-order valence-corrected chi connectivity index (χ3v) is 3.04. The fourth-order valence-electron chi connectivity index (χ4n) is 1.84. The first-order chi connectivity index (χ1) is 12.0. The van der Waals surface area contributed by atoms with Crippen molar-refractivity contribution in [1.82, 2.24) is 9.97 Å². The van der Waals surface area contributed by atoms with Gasteiger partial charge >= 0.3 is 12.0 Å². The van der Waals surface area contributed by atoms with Crippen molar-refractivity contribution in [3.63, 3.8) is 0 Å². The van der Waals surface area contributed by atoms with Crippen molar-refractivity contribution in [2.24, 2.45) is 0 Å². The molecule has 0 saturated carbocycles. The Labute approximate surface area is 145 Å². The first-order valence-corrected chi connectivity index (χ1v) is 7.64. The van der Waals surface area contributed by atoms with E-state index in [1.165, 1.54) is 14.2 Å². The second-order valence-corrected chi connectivity index (χ2v) is 4.82. The van der Waals surface area contributed by atoms with Gasteiger partial charge in [0.2, 0.25) is 11.8 Å². The van der Waals surface area contributed by atoms with Gasteiger partial charge in [-0.1, -0.05) is 0 Å². The number of hydrogen-bond donors (Lipinski definition) is 0. The van der Waals surface area contributed by atoms with Crippen molar-refractivity contribution in [2.75, 3.05) is 20.8 Å². The third kappa shape index (κ3) is 5.23. The number of aromatic nitrogens is 2. The largest absolute Gasteiger partial charge is 0.481 e. The molecule has 8 nitrogen and oxygen atoms in total. The van der Waals surface area contributed by atoms with Gasteiger partial charge in [0.15, 0.2) is 6.10 Å². The van der Waals surface area contributed by atoms with Gasteiger partial charge < -0.3 is 23.7 Å². The number of carbonyl (C=O) groups excluding carboxylic acids is 1. The Bertz CT molecular complexity index is 683. The molecule has 0 bridgehead atoms. The molecule has 1 atom stereocenters. The SMILES string of the molecule is CCOC(=O)[C@@H](C)Oc1ccc(Oc2nc(OC)cc(OC)n2)cc1. The summed E-state index contributed by atoms with van der Waals surface area (Å²) in [4.78, 5) is 19.7. The van der Waals surface area contributed by atoms with Gasteiger partial charge in [0.1, 0.15) is 11.5 Å². The minimum Gasteiger partial charge on any atom is -0.481 e. The van der Waals surface area contributed by atoms with Gasteiger partial charge in [-0.25, -0.2) is 4.79 Å². The molecule has 8 heteroatoms. The van der Waals surface area contributed by atoms with E-state index >= 15 is 0 Å². The van der Waals surface area contributed by atoms with E-state index in [9.17, 15) is 4.79 Å². The van der Waals surface area contributed by atoms with E-state index in [1.807, 2.05) is 0 Å². The standard InChI is InChI=1S/C17H20N2O6/c1-5-23-16(20)11(2)24-12-6-8-13(9-7-12)25-17-18-14(21-3)10-15(19-17)22-4/h6-11H,5H2,1-4H3/t11-/m1/s1. The van der Waals surface area contributed by atoms with E-state index in [-0.39, 0.29) is 6.01 Å². The first kappa shape index (κ1) is 18.3. The summed E-state index contributed by atoms with van der Waals surface area (Å²) in [6.45, 7) is 3.68. The van der Waals surface area contributed by atoms with Gasteiger partial charge in [-0.3, -0.25) is 0 Å². The van der Waals surface area contributed by atoms with Gasteiger partial charge in [0.25, 0.3) is 0 Å². The van der Waals surface area contributed by atoms with Crippen LogP contribution in [0.15, 0.2) is 30.3 Å². The number of ether oxygens (including phenoxy) is 5.